The van der Waals surface area contributed by atoms with Crippen LogP contribution < -0.4 is 20.3 Å². The first-order valence-electron chi connectivity index (χ1n) is 10.7. The molecule has 0 aliphatic rings. The van der Waals surface area contributed by atoms with E-state index in [9.17, 15) is 9.59 Å². The lowest BCUT2D eigenvalue weighted by Crippen LogP contribution is -2.29. The number of nitrogens with zero attached hydrogens (tertiary/aromatic N) is 2. The lowest BCUT2D eigenvalue weighted by atomic mass is 10.2. The number of nitrogens with one attached hydrogen (secondary N) is 2. The summed E-state index contributed by atoms with van der Waals surface area (Å²) in [5.41, 5.74) is 0.568. The molecule has 1 atom stereocenters. The van der Waals surface area contributed by atoms with Gasteiger partial charge in [0.2, 0.25) is 5.91 Å². The summed E-state index contributed by atoms with van der Waals surface area (Å²) in [4.78, 5) is 27.2. The van der Waals surface area contributed by atoms with Gasteiger partial charge in [-0.1, -0.05) is 37.3 Å². The van der Waals surface area contributed by atoms with E-state index in [1.54, 1.807) is 0 Å². The smallest absolute Gasteiger partial charge is 0.273 e. The van der Waals surface area contributed by atoms with Crippen LogP contribution in [0.5, 0.6) is 11.5 Å². The summed E-state index contributed by atoms with van der Waals surface area (Å²) in [6.45, 7) is 4.79. The van der Waals surface area contributed by atoms with Crippen LogP contribution in [0.25, 0.3) is 11.4 Å². The zero-order chi connectivity index (χ0) is 22.8. The number of rotatable bonds is 11. The first kappa shape index (κ1) is 23.0. The van der Waals surface area contributed by atoms with E-state index in [4.69, 9.17) is 9.47 Å². The SMILES string of the molecule is CC[C@H](C)Oc1cccc(-c2nnc(CCC(=O)NCCOc3ccccc3)c(=O)[nH]2)c1. The molecule has 2 aromatic carbocycles. The van der Waals surface area contributed by atoms with Gasteiger partial charge in [0.05, 0.1) is 12.6 Å². The highest BCUT2D eigenvalue weighted by atomic mass is 16.5. The fourth-order valence-electron chi connectivity index (χ4n) is 2.88. The minimum absolute atomic E-state index is 0.0915. The standard InChI is InChI=1S/C24H28N4O4/c1-3-17(2)32-20-11-7-8-18(16-20)23-26-24(30)21(27-28-23)12-13-22(29)25-14-15-31-19-9-5-4-6-10-19/h4-11,16-17H,3,12-15H2,1-2H3,(H,25,29)(H,26,28,30)/t17-/m0/s1. The Hall–Kier alpha value is -3.68. The topological polar surface area (TPSA) is 106 Å². The number of benzene rings is 2. The molecule has 0 bridgehead atoms. The monoisotopic (exact) mass is 436 g/mol. The van der Waals surface area contributed by atoms with Crippen LogP contribution in [0, 0.1) is 0 Å². The molecule has 0 aliphatic heterocycles. The molecule has 32 heavy (non-hydrogen) atoms. The maximum absolute atomic E-state index is 12.4. The summed E-state index contributed by atoms with van der Waals surface area (Å²) in [6, 6.07) is 16.7. The Morgan fingerprint density at radius 3 is 2.62 bits per heavy atom. The van der Waals surface area contributed by atoms with Gasteiger partial charge in [-0.05, 0) is 37.6 Å². The second-order valence-electron chi connectivity index (χ2n) is 7.33. The minimum Gasteiger partial charge on any atom is -0.492 e. The van der Waals surface area contributed by atoms with E-state index in [1.165, 1.54) is 0 Å². The number of aromatic amines is 1. The number of hydrogen-bond acceptors (Lipinski definition) is 6. The van der Waals surface area contributed by atoms with Crippen LogP contribution >= 0.6 is 0 Å². The molecule has 3 rings (SSSR count). The zero-order valence-corrected chi connectivity index (χ0v) is 18.3. The fourth-order valence-corrected chi connectivity index (χ4v) is 2.88. The molecule has 0 spiro atoms. The molecule has 3 aromatic rings. The molecule has 1 aromatic heterocycles. The van der Waals surface area contributed by atoms with Crippen molar-refractivity contribution < 1.29 is 14.3 Å². The van der Waals surface area contributed by atoms with Crippen LogP contribution in [0.2, 0.25) is 0 Å². The van der Waals surface area contributed by atoms with Crippen LogP contribution in [0.3, 0.4) is 0 Å². The van der Waals surface area contributed by atoms with Gasteiger partial charge in [-0.25, -0.2) is 0 Å². The van der Waals surface area contributed by atoms with Gasteiger partial charge in [0.25, 0.3) is 5.56 Å². The Balaban J connectivity index is 1.49. The van der Waals surface area contributed by atoms with E-state index >= 15 is 0 Å². The second kappa shape index (κ2) is 11.6. The van der Waals surface area contributed by atoms with E-state index in [1.807, 2.05) is 61.5 Å². The van der Waals surface area contributed by atoms with E-state index in [0.717, 1.165) is 12.2 Å². The third-order valence-corrected chi connectivity index (χ3v) is 4.81. The molecule has 2 N–H and O–H groups in total. The first-order chi connectivity index (χ1) is 15.5. The summed E-state index contributed by atoms with van der Waals surface area (Å²) >= 11 is 0. The summed E-state index contributed by atoms with van der Waals surface area (Å²) in [5.74, 6) is 1.63. The van der Waals surface area contributed by atoms with Crippen LogP contribution in [0.15, 0.2) is 59.4 Å². The number of ether oxygens (including phenoxy) is 2. The molecule has 1 heterocycles. The molecule has 0 radical (unpaired) electrons. The Morgan fingerprint density at radius 2 is 1.88 bits per heavy atom. The van der Waals surface area contributed by atoms with Crippen molar-refractivity contribution in [1.29, 1.82) is 0 Å². The van der Waals surface area contributed by atoms with Crippen LogP contribution in [-0.4, -0.2) is 40.3 Å². The number of carbonyl (C=O) groups is 1. The average molecular weight is 437 g/mol. The molecule has 1 amide bonds. The largest absolute Gasteiger partial charge is 0.492 e. The number of H-pyrrole nitrogens is 1. The average Bonchev–Trinajstić information content (AvgIpc) is 2.81. The number of carbonyl (C=O) groups excluding carboxylic acids is 1. The molecule has 168 valence electrons. The lowest BCUT2D eigenvalue weighted by Gasteiger charge is -2.13. The van der Waals surface area contributed by atoms with Gasteiger partial charge in [-0.2, -0.15) is 0 Å². The maximum Gasteiger partial charge on any atom is 0.273 e. The number of para-hydroxylation sites is 1. The van der Waals surface area contributed by atoms with Gasteiger partial charge in [0.15, 0.2) is 5.82 Å². The Bertz CT molecular complexity index is 1070. The van der Waals surface area contributed by atoms with Gasteiger partial charge in [0.1, 0.15) is 23.8 Å². The van der Waals surface area contributed by atoms with Crippen LogP contribution in [-0.2, 0) is 11.2 Å². The quantitative estimate of drug-likeness (QED) is 0.447. The van der Waals surface area contributed by atoms with Crippen molar-refractivity contribution in [3.05, 3.63) is 70.6 Å². The van der Waals surface area contributed by atoms with Crippen molar-refractivity contribution in [2.75, 3.05) is 13.2 Å². The molecule has 0 fully saturated rings. The predicted molar refractivity (Wildman–Crippen MR) is 122 cm³/mol. The van der Waals surface area contributed by atoms with Gasteiger partial charge in [-0.3, -0.25) is 9.59 Å². The highest BCUT2D eigenvalue weighted by Gasteiger charge is 2.10. The highest BCUT2D eigenvalue weighted by molar-refractivity contribution is 5.76. The number of hydrogen-bond donors (Lipinski definition) is 2. The number of amides is 1. The number of aromatic nitrogens is 3. The van der Waals surface area contributed by atoms with Crippen molar-refractivity contribution in [1.82, 2.24) is 20.5 Å². The van der Waals surface area contributed by atoms with Crippen molar-refractivity contribution in [3.8, 4) is 22.9 Å². The molecule has 8 heteroatoms. The maximum atomic E-state index is 12.4. The molecule has 0 saturated carbocycles. The molecule has 0 aliphatic carbocycles. The lowest BCUT2D eigenvalue weighted by molar-refractivity contribution is -0.121. The van der Waals surface area contributed by atoms with E-state index in [2.05, 4.69) is 27.4 Å². The van der Waals surface area contributed by atoms with Crippen molar-refractivity contribution in [3.63, 3.8) is 0 Å². The van der Waals surface area contributed by atoms with Crippen LogP contribution in [0.1, 0.15) is 32.4 Å². The third-order valence-electron chi connectivity index (χ3n) is 4.81. The van der Waals surface area contributed by atoms with Crippen LogP contribution in [0.4, 0.5) is 0 Å². The molecular weight excluding hydrogens is 408 g/mol. The van der Waals surface area contributed by atoms with Gasteiger partial charge in [-0.15, -0.1) is 10.2 Å². The molecule has 8 nitrogen and oxygen atoms in total. The zero-order valence-electron chi connectivity index (χ0n) is 18.3. The van der Waals surface area contributed by atoms with Gasteiger partial charge in [0, 0.05) is 18.4 Å². The molecule has 0 unspecified atom stereocenters. The van der Waals surface area contributed by atoms with E-state index < -0.39 is 0 Å². The third kappa shape index (κ3) is 6.94. The Labute approximate surface area is 187 Å². The molecule has 0 saturated heterocycles. The second-order valence-corrected chi connectivity index (χ2v) is 7.33. The van der Waals surface area contributed by atoms with Crippen molar-refractivity contribution in [2.45, 2.75) is 39.2 Å². The van der Waals surface area contributed by atoms with Gasteiger partial charge >= 0.3 is 0 Å². The summed E-state index contributed by atoms with van der Waals surface area (Å²) < 4.78 is 11.3. The van der Waals surface area contributed by atoms with Crippen molar-refractivity contribution >= 4 is 5.91 Å². The summed E-state index contributed by atoms with van der Waals surface area (Å²) in [5, 5.41) is 10.9. The normalized spacial score (nSPS) is 11.6. The predicted octanol–water partition coefficient (Wildman–Crippen LogP) is 3.14. The van der Waals surface area contributed by atoms with Gasteiger partial charge < -0.3 is 19.8 Å². The summed E-state index contributed by atoms with van der Waals surface area (Å²) in [6.07, 6.45) is 1.32. The van der Waals surface area contributed by atoms with E-state index in [0.29, 0.717) is 30.3 Å². The summed E-state index contributed by atoms with van der Waals surface area (Å²) in [7, 11) is 0. The van der Waals surface area contributed by atoms with Crippen molar-refractivity contribution in [2.24, 2.45) is 0 Å². The minimum atomic E-state index is -0.358. The molecular formula is C24H28N4O4. The van der Waals surface area contributed by atoms with E-state index in [-0.39, 0.29) is 36.1 Å². The fraction of sp³-hybridized carbons (Fsp3) is 0.333. The Morgan fingerprint density at radius 1 is 1.09 bits per heavy atom. The first-order valence-corrected chi connectivity index (χ1v) is 10.7. The number of aryl methyl sites for hydroxylation is 1. The highest BCUT2D eigenvalue weighted by Crippen LogP contribution is 2.21. The Kier molecular flexibility index (Phi) is 8.36.